The van der Waals surface area contributed by atoms with Gasteiger partial charge in [-0.1, -0.05) is 12.1 Å². The molecule has 0 spiro atoms. The Bertz CT molecular complexity index is 864. The Hall–Kier alpha value is -3.08. The molecule has 2 aromatic carbocycles. The zero-order chi connectivity index (χ0) is 17.3. The zero-order valence-electron chi connectivity index (χ0n) is 13.6. The molecule has 0 aliphatic carbocycles. The predicted molar refractivity (Wildman–Crippen MR) is 88.4 cm³/mol. The topological polar surface area (TPSA) is 61.8 Å². The SMILES string of the molecule is COc1cccc(/C=C2\Oc3c(ccc(OC(C)=O)c3C)C2=O)c1. The van der Waals surface area contributed by atoms with Gasteiger partial charge in [-0.3, -0.25) is 9.59 Å². The summed E-state index contributed by atoms with van der Waals surface area (Å²) in [5, 5.41) is 0. The van der Waals surface area contributed by atoms with E-state index in [1.807, 2.05) is 24.3 Å². The van der Waals surface area contributed by atoms with Crippen molar-refractivity contribution in [3.63, 3.8) is 0 Å². The number of ketones is 1. The molecular formula is C19H16O5. The summed E-state index contributed by atoms with van der Waals surface area (Å²) in [6.07, 6.45) is 1.66. The lowest BCUT2D eigenvalue weighted by atomic mass is 10.1. The molecule has 0 aromatic heterocycles. The van der Waals surface area contributed by atoms with Crippen molar-refractivity contribution in [3.05, 3.63) is 58.8 Å². The van der Waals surface area contributed by atoms with Crippen LogP contribution in [0.25, 0.3) is 6.08 Å². The molecule has 3 rings (SSSR count). The van der Waals surface area contributed by atoms with Crippen molar-refractivity contribution in [2.24, 2.45) is 0 Å². The largest absolute Gasteiger partial charge is 0.497 e. The minimum atomic E-state index is -0.422. The smallest absolute Gasteiger partial charge is 0.308 e. The van der Waals surface area contributed by atoms with Crippen molar-refractivity contribution < 1.29 is 23.8 Å². The van der Waals surface area contributed by atoms with Crippen molar-refractivity contribution >= 4 is 17.8 Å². The van der Waals surface area contributed by atoms with Gasteiger partial charge < -0.3 is 14.2 Å². The van der Waals surface area contributed by atoms with E-state index in [9.17, 15) is 9.59 Å². The van der Waals surface area contributed by atoms with Crippen LogP contribution in [0.4, 0.5) is 0 Å². The number of carbonyl (C=O) groups is 2. The van der Waals surface area contributed by atoms with Crippen LogP contribution in [0.2, 0.25) is 0 Å². The number of hydrogen-bond acceptors (Lipinski definition) is 5. The number of allylic oxidation sites excluding steroid dienone is 1. The maximum atomic E-state index is 12.5. The monoisotopic (exact) mass is 324 g/mol. The lowest BCUT2D eigenvalue weighted by molar-refractivity contribution is -0.131. The molecule has 122 valence electrons. The molecule has 0 amide bonds. The van der Waals surface area contributed by atoms with Crippen molar-refractivity contribution in [1.82, 2.24) is 0 Å². The van der Waals surface area contributed by atoms with Crippen LogP contribution < -0.4 is 14.2 Å². The molecule has 0 N–H and O–H groups in total. The molecule has 2 aromatic rings. The molecule has 0 atom stereocenters. The van der Waals surface area contributed by atoms with Gasteiger partial charge in [0.05, 0.1) is 12.7 Å². The third-order valence-corrected chi connectivity index (χ3v) is 3.68. The Labute approximate surface area is 139 Å². The van der Waals surface area contributed by atoms with Crippen LogP contribution in [0.15, 0.2) is 42.2 Å². The first-order chi connectivity index (χ1) is 11.5. The third-order valence-electron chi connectivity index (χ3n) is 3.68. The van der Waals surface area contributed by atoms with Crippen LogP contribution in [-0.2, 0) is 4.79 Å². The van der Waals surface area contributed by atoms with Gasteiger partial charge >= 0.3 is 5.97 Å². The number of ether oxygens (including phenoxy) is 3. The summed E-state index contributed by atoms with van der Waals surface area (Å²) in [7, 11) is 1.58. The molecule has 0 fully saturated rings. The van der Waals surface area contributed by atoms with Gasteiger partial charge in [-0.15, -0.1) is 0 Å². The number of benzene rings is 2. The summed E-state index contributed by atoms with van der Waals surface area (Å²) in [5.74, 6) is 1.10. The predicted octanol–water partition coefficient (Wildman–Crippen LogP) is 3.55. The fraction of sp³-hybridized carbons (Fsp3) is 0.158. The van der Waals surface area contributed by atoms with Crippen molar-refractivity contribution in [1.29, 1.82) is 0 Å². The number of Topliss-reactive ketones (excluding diaryl/α,β-unsaturated/α-hetero) is 1. The summed E-state index contributed by atoms with van der Waals surface area (Å²) in [5.41, 5.74) is 1.87. The van der Waals surface area contributed by atoms with E-state index in [-0.39, 0.29) is 11.5 Å². The van der Waals surface area contributed by atoms with E-state index in [0.717, 1.165) is 5.56 Å². The van der Waals surface area contributed by atoms with E-state index in [0.29, 0.717) is 28.4 Å². The maximum absolute atomic E-state index is 12.5. The molecule has 1 aliphatic heterocycles. The first-order valence-corrected chi connectivity index (χ1v) is 7.40. The lowest BCUT2D eigenvalue weighted by Gasteiger charge is -2.08. The summed E-state index contributed by atoms with van der Waals surface area (Å²) < 4.78 is 16.0. The van der Waals surface area contributed by atoms with Crippen LogP contribution in [0.1, 0.15) is 28.4 Å². The number of rotatable bonds is 3. The number of fused-ring (bicyclic) bond motifs is 1. The highest BCUT2D eigenvalue weighted by atomic mass is 16.5. The molecule has 0 saturated carbocycles. The highest BCUT2D eigenvalue weighted by molar-refractivity contribution is 6.15. The molecule has 0 saturated heterocycles. The second kappa shape index (κ2) is 6.20. The van der Waals surface area contributed by atoms with Gasteiger partial charge in [-0.05, 0) is 42.8 Å². The fourth-order valence-electron chi connectivity index (χ4n) is 2.52. The van der Waals surface area contributed by atoms with Crippen LogP contribution in [-0.4, -0.2) is 18.9 Å². The van der Waals surface area contributed by atoms with E-state index in [2.05, 4.69) is 0 Å². The van der Waals surface area contributed by atoms with Gasteiger partial charge in [0.2, 0.25) is 5.78 Å². The van der Waals surface area contributed by atoms with Crippen LogP contribution in [0.5, 0.6) is 17.2 Å². The van der Waals surface area contributed by atoms with E-state index < -0.39 is 5.97 Å². The molecule has 0 radical (unpaired) electrons. The fourth-order valence-corrected chi connectivity index (χ4v) is 2.52. The standard InChI is InChI=1S/C19H16O5/c1-11-16(23-12(2)20)8-7-15-18(21)17(24-19(11)15)10-13-5-4-6-14(9-13)22-3/h4-10H,1-3H3/b17-10-. The molecule has 5 heteroatoms. The van der Waals surface area contributed by atoms with Gasteiger partial charge in [0.25, 0.3) is 0 Å². The number of hydrogen-bond donors (Lipinski definition) is 0. The van der Waals surface area contributed by atoms with E-state index in [4.69, 9.17) is 14.2 Å². The normalized spacial score (nSPS) is 14.3. The molecular weight excluding hydrogens is 308 g/mol. The Balaban J connectivity index is 1.96. The quantitative estimate of drug-likeness (QED) is 0.491. The minimum absolute atomic E-state index is 0.203. The minimum Gasteiger partial charge on any atom is -0.497 e. The summed E-state index contributed by atoms with van der Waals surface area (Å²) in [6, 6.07) is 10.5. The molecule has 1 heterocycles. The van der Waals surface area contributed by atoms with Crippen molar-refractivity contribution in [3.8, 4) is 17.2 Å². The first-order valence-electron chi connectivity index (χ1n) is 7.40. The van der Waals surface area contributed by atoms with E-state index in [1.165, 1.54) is 6.92 Å². The maximum Gasteiger partial charge on any atom is 0.308 e. The first kappa shape index (κ1) is 15.8. The third kappa shape index (κ3) is 2.88. The zero-order valence-corrected chi connectivity index (χ0v) is 13.6. The molecule has 0 unspecified atom stereocenters. The van der Waals surface area contributed by atoms with Crippen molar-refractivity contribution in [2.75, 3.05) is 7.11 Å². The highest BCUT2D eigenvalue weighted by Crippen LogP contribution is 2.39. The van der Waals surface area contributed by atoms with Crippen LogP contribution >= 0.6 is 0 Å². The number of carbonyl (C=O) groups excluding carboxylic acids is 2. The van der Waals surface area contributed by atoms with E-state index in [1.54, 1.807) is 32.2 Å². The molecule has 0 bridgehead atoms. The molecule has 1 aliphatic rings. The second-order valence-corrected chi connectivity index (χ2v) is 5.38. The Morgan fingerprint density at radius 1 is 1.21 bits per heavy atom. The molecule has 5 nitrogen and oxygen atoms in total. The molecule has 24 heavy (non-hydrogen) atoms. The van der Waals surface area contributed by atoms with Crippen molar-refractivity contribution in [2.45, 2.75) is 13.8 Å². The van der Waals surface area contributed by atoms with Crippen LogP contribution in [0.3, 0.4) is 0 Å². The van der Waals surface area contributed by atoms with Gasteiger partial charge in [0, 0.05) is 12.5 Å². The Morgan fingerprint density at radius 3 is 2.71 bits per heavy atom. The summed E-state index contributed by atoms with van der Waals surface area (Å²) in [4.78, 5) is 23.7. The van der Waals surface area contributed by atoms with Gasteiger partial charge in [-0.25, -0.2) is 0 Å². The summed E-state index contributed by atoms with van der Waals surface area (Å²) in [6.45, 7) is 3.08. The number of methoxy groups -OCH3 is 1. The van der Waals surface area contributed by atoms with Crippen LogP contribution in [0, 0.1) is 6.92 Å². The summed E-state index contributed by atoms with van der Waals surface area (Å²) >= 11 is 0. The Morgan fingerprint density at radius 2 is 2.00 bits per heavy atom. The second-order valence-electron chi connectivity index (χ2n) is 5.38. The average Bonchev–Trinajstić information content (AvgIpc) is 2.87. The highest BCUT2D eigenvalue weighted by Gasteiger charge is 2.30. The van der Waals surface area contributed by atoms with Gasteiger partial charge in [0.15, 0.2) is 5.76 Å². The van der Waals surface area contributed by atoms with Gasteiger partial charge in [-0.2, -0.15) is 0 Å². The Kier molecular flexibility index (Phi) is 4.08. The van der Waals surface area contributed by atoms with Gasteiger partial charge in [0.1, 0.15) is 17.2 Å². The van der Waals surface area contributed by atoms with E-state index >= 15 is 0 Å². The number of esters is 1. The average molecular weight is 324 g/mol. The lowest BCUT2D eigenvalue weighted by Crippen LogP contribution is -2.03.